The predicted octanol–water partition coefficient (Wildman–Crippen LogP) is 3.45. The summed E-state index contributed by atoms with van der Waals surface area (Å²) in [6.45, 7) is 9.93. The van der Waals surface area contributed by atoms with Crippen LogP contribution < -0.4 is 0 Å². The van der Waals surface area contributed by atoms with Gasteiger partial charge in [0.15, 0.2) is 0 Å². The number of rotatable bonds is 4. The lowest BCUT2D eigenvalue weighted by Gasteiger charge is -2.06. The van der Waals surface area contributed by atoms with Crippen LogP contribution in [0.1, 0.15) is 27.2 Å². The van der Waals surface area contributed by atoms with E-state index in [2.05, 4.69) is 27.4 Å². The molecule has 0 aliphatic heterocycles. The number of hydrogen-bond donors (Lipinski definition) is 0. The van der Waals surface area contributed by atoms with Crippen LogP contribution in [0.4, 0.5) is 0 Å². The van der Waals surface area contributed by atoms with Gasteiger partial charge in [-0.25, -0.2) is 0 Å². The molecule has 0 heterocycles. The minimum Gasteiger partial charge on any atom is -0.496 e. The number of hydrogen-bond acceptors (Lipinski definition) is 1. The average molecular weight is 166 g/mol. The number of ether oxygens (including phenoxy) is 1. The van der Waals surface area contributed by atoms with Crippen LogP contribution in [0.3, 0.4) is 0 Å². The third-order valence-electron chi connectivity index (χ3n) is 1.58. The fraction of sp³-hybridized carbons (Fsp3) is 0.455. The van der Waals surface area contributed by atoms with Gasteiger partial charge in [0, 0.05) is 0 Å². The maximum Gasteiger partial charge on any atom is 0.121 e. The number of methoxy groups -OCH3 is 1. The summed E-state index contributed by atoms with van der Waals surface area (Å²) in [6, 6.07) is 0. The van der Waals surface area contributed by atoms with Crippen molar-refractivity contribution < 1.29 is 4.74 Å². The zero-order chi connectivity index (χ0) is 9.56. The first-order valence-corrected chi connectivity index (χ1v) is 4.20. The Morgan fingerprint density at radius 1 is 1.42 bits per heavy atom. The molecule has 0 aromatic heterocycles. The zero-order valence-electron chi connectivity index (χ0n) is 8.48. The first kappa shape index (κ1) is 11.0. The smallest absolute Gasteiger partial charge is 0.121 e. The molecule has 0 saturated heterocycles. The lowest BCUT2D eigenvalue weighted by molar-refractivity contribution is 0.302. The van der Waals surface area contributed by atoms with Gasteiger partial charge in [0.1, 0.15) is 5.76 Å². The number of allylic oxidation sites excluding steroid dienone is 4. The van der Waals surface area contributed by atoms with Crippen LogP contribution in [0.25, 0.3) is 0 Å². The molecule has 0 aliphatic carbocycles. The average Bonchev–Trinajstić information content (AvgIpc) is 2.04. The summed E-state index contributed by atoms with van der Waals surface area (Å²) in [6.07, 6.45) is 4.83. The molecule has 1 heteroatoms. The Labute approximate surface area is 75.4 Å². The highest BCUT2D eigenvalue weighted by Crippen LogP contribution is 2.13. The van der Waals surface area contributed by atoms with Gasteiger partial charge in [-0.2, -0.15) is 0 Å². The molecular formula is C11H18O. The quantitative estimate of drug-likeness (QED) is 0.459. The van der Waals surface area contributed by atoms with Crippen molar-refractivity contribution in [1.29, 1.82) is 0 Å². The maximum atomic E-state index is 5.24. The van der Waals surface area contributed by atoms with Crippen molar-refractivity contribution in [2.24, 2.45) is 0 Å². The zero-order valence-corrected chi connectivity index (χ0v) is 8.48. The van der Waals surface area contributed by atoms with E-state index in [9.17, 15) is 0 Å². The highest BCUT2D eigenvalue weighted by atomic mass is 16.5. The summed E-state index contributed by atoms with van der Waals surface area (Å²) in [5.41, 5.74) is 2.39. The summed E-state index contributed by atoms with van der Waals surface area (Å²) in [5, 5.41) is 0. The first-order chi connectivity index (χ1) is 5.65. The van der Waals surface area contributed by atoms with Gasteiger partial charge in [-0.3, -0.25) is 0 Å². The van der Waals surface area contributed by atoms with Gasteiger partial charge >= 0.3 is 0 Å². The highest BCUT2D eigenvalue weighted by Gasteiger charge is 1.97. The van der Waals surface area contributed by atoms with E-state index < -0.39 is 0 Å². The van der Waals surface area contributed by atoms with Crippen LogP contribution in [0.15, 0.2) is 35.6 Å². The van der Waals surface area contributed by atoms with E-state index >= 15 is 0 Å². The molecule has 0 rings (SSSR count). The summed E-state index contributed by atoms with van der Waals surface area (Å²) < 4.78 is 5.24. The topological polar surface area (TPSA) is 9.23 Å². The molecule has 0 radical (unpaired) electrons. The Kier molecular flexibility index (Phi) is 5.18. The van der Waals surface area contributed by atoms with E-state index in [1.807, 2.05) is 12.2 Å². The summed E-state index contributed by atoms with van der Waals surface area (Å²) in [7, 11) is 1.69. The first-order valence-electron chi connectivity index (χ1n) is 4.20. The Balaban J connectivity index is 4.82. The Bertz CT molecular complexity index is 205. The lowest BCUT2D eigenvalue weighted by atomic mass is 10.1. The summed E-state index contributed by atoms with van der Waals surface area (Å²) in [5.74, 6) is 0.924. The molecule has 0 spiro atoms. The van der Waals surface area contributed by atoms with Gasteiger partial charge in [0.05, 0.1) is 7.11 Å². The third kappa shape index (κ3) is 3.42. The standard InChI is InChI=1S/C11H18O/c1-6-10(7-2)11(12-5)8-9(3)4/h6,8H,1,7H2,2-5H3/b11-10-. The van der Waals surface area contributed by atoms with Gasteiger partial charge in [0.25, 0.3) is 0 Å². The van der Waals surface area contributed by atoms with Crippen molar-refractivity contribution in [3.8, 4) is 0 Å². The van der Waals surface area contributed by atoms with Crippen molar-refractivity contribution in [3.63, 3.8) is 0 Å². The van der Waals surface area contributed by atoms with Gasteiger partial charge in [-0.15, -0.1) is 0 Å². The molecule has 0 aliphatic rings. The normalized spacial score (nSPS) is 11.7. The van der Waals surface area contributed by atoms with Gasteiger partial charge < -0.3 is 4.74 Å². The molecule has 0 aromatic rings. The monoisotopic (exact) mass is 166 g/mol. The molecule has 68 valence electrons. The predicted molar refractivity (Wildman–Crippen MR) is 54.0 cm³/mol. The van der Waals surface area contributed by atoms with E-state index in [-0.39, 0.29) is 0 Å². The molecular weight excluding hydrogens is 148 g/mol. The fourth-order valence-electron chi connectivity index (χ4n) is 0.964. The van der Waals surface area contributed by atoms with Crippen LogP contribution >= 0.6 is 0 Å². The van der Waals surface area contributed by atoms with E-state index in [4.69, 9.17) is 4.74 Å². The Morgan fingerprint density at radius 2 is 2.00 bits per heavy atom. The maximum absolute atomic E-state index is 5.24. The van der Waals surface area contributed by atoms with Crippen molar-refractivity contribution in [1.82, 2.24) is 0 Å². The molecule has 0 aromatic carbocycles. The minimum absolute atomic E-state index is 0.924. The van der Waals surface area contributed by atoms with E-state index in [0.717, 1.165) is 17.8 Å². The van der Waals surface area contributed by atoms with Crippen LogP contribution in [-0.2, 0) is 4.74 Å². The van der Waals surface area contributed by atoms with E-state index in [0.29, 0.717) is 0 Å². The molecule has 0 fully saturated rings. The largest absolute Gasteiger partial charge is 0.496 e. The lowest BCUT2D eigenvalue weighted by Crippen LogP contribution is -1.89. The molecule has 0 saturated carbocycles. The summed E-state index contributed by atoms with van der Waals surface area (Å²) in [4.78, 5) is 0. The molecule has 0 amide bonds. The van der Waals surface area contributed by atoms with Gasteiger partial charge in [-0.1, -0.05) is 25.2 Å². The van der Waals surface area contributed by atoms with Crippen molar-refractivity contribution >= 4 is 0 Å². The van der Waals surface area contributed by atoms with Crippen molar-refractivity contribution in [2.75, 3.05) is 7.11 Å². The Hall–Kier alpha value is -0.980. The fourth-order valence-corrected chi connectivity index (χ4v) is 0.964. The second-order valence-corrected chi connectivity index (χ2v) is 2.87. The molecule has 0 N–H and O–H groups in total. The van der Waals surface area contributed by atoms with Crippen molar-refractivity contribution in [2.45, 2.75) is 27.2 Å². The van der Waals surface area contributed by atoms with Crippen LogP contribution in [-0.4, -0.2) is 7.11 Å². The second-order valence-electron chi connectivity index (χ2n) is 2.87. The minimum atomic E-state index is 0.924. The van der Waals surface area contributed by atoms with E-state index in [1.54, 1.807) is 7.11 Å². The summed E-state index contributed by atoms with van der Waals surface area (Å²) >= 11 is 0. The molecule has 0 atom stereocenters. The molecule has 1 nitrogen and oxygen atoms in total. The Morgan fingerprint density at radius 3 is 2.25 bits per heavy atom. The third-order valence-corrected chi connectivity index (χ3v) is 1.58. The highest BCUT2D eigenvalue weighted by molar-refractivity contribution is 5.29. The SMILES string of the molecule is C=C/C(CC)=C(\C=C(C)C)OC. The van der Waals surface area contributed by atoms with Gasteiger partial charge in [-0.05, 0) is 31.9 Å². The molecule has 0 bridgehead atoms. The molecule has 12 heavy (non-hydrogen) atoms. The van der Waals surface area contributed by atoms with E-state index in [1.165, 1.54) is 5.57 Å². The second kappa shape index (κ2) is 5.64. The van der Waals surface area contributed by atoms with Crippen LogP contribution in [0, 0.1) is 0 Å². The van der Waals surface area contributed by atoms with Crippen molar-refractivity contribution in [3.05, 3.63) is 35.6 Å². The van der Waals surface area contributed by atoms with Crippen LogP contribution in [0.5, 0.6) is 0 Å². The van der Waals surface area contributed by atoms with Gasteiger partial charge in [0.2, 0.25) is 0 Å². The molecule has 0 unspecified atom stereocenters. The van der Waals surface area contributed by atoms with Crippen LogP contribution in [0.2, 0.25) is 0 Å².